The Labute approximate surface area is 127 Å². The van der Waals surface area contributed by atoms with Crippen LogP contribution >= 0.6 is 0 Å². The summed E-state index contributed by atoms with van der Waals surface area (Å²) in [6, 6.07) is 8.31. The number of rotatable bonds is 6. The summed E-state index contributed by atoms with van der Waals surface area (Å²) in [4.78, 5) is 8.88. The predicted molar refractivity (Wildman–Crippen MR) is 89.4 cm³/mol. The van der Waals surface area contributed by atoms with Crippen LogP contribution in [0.3, 0.4) is 0 Å². The standard InChI is InChI=1S/C17H24N4/c1-5-6-9-18-16-11-17(20-14(4)19-16)21-15-8-7-12(2)10-13(15)3/h7-8,10-11H,5-6,9H2,1-4H3,(H2,18,19,20,21). The zero-order chi connectivity index (χ0) is 15.2. The third-order valence-corrected chi connectivity index (χ3v) is 3.32. The molecule has 0 bridgehead atoms. The van der Waals surface area contributed by atoms with Gasteiger partial charge in [0.25, 0.3) is 0 Å². The van der Waals surface area contributed by atoms with E-state index in [1.807, 2.05) is 13.0 Å². The van der Waals surface area contributed by atoms with Crippen LogP contribution in [0.4, 0.5) is 17.3 Å². The van der Waals surface area contributed by atoms with Crippen LogP contribution < -0.4 is 10.6 Å². The van der Waals surface area contributed by atoms with Crippen LogP contribution in [-0.2, 0) is 0 Å². The molecule has 4 nitrogen and oxygen atoms in total. The van der Waals surface area contributed by atoms with E-state index in [9.17, 15) is 0 Å². The molecule has 21 heavy (non-hydrogen) atoms. The van der Waals surface area contributed by atoms with Gasteiger partial charge in [0.15, 0.2) is 0 Å². The normalized spacial score (nSPS) is 10.5. The number of aromatic nitrogens is 2. The molecule has 0 amide bonds. The lowest BCUT2D eigenvalue weighted by Crippen LogP contribution is -2.06. The number of benzene rings is 1. The molecule has 0 unspecified atom stereocenters. The molecular formula is C17H24N4. The van der Waals surface area contributed by atoms with Gasteiger partial charge in [-0.1, -0.05) is 31.0 Å². The van der Waals surface area contributed by atoms with Crippen LogP contribution in [0.1, 0.15) is 36.7 Å². The van der Waals surface area contributed by atoms with Crippen LogP contribution in [0, 0.1) is 20.8 Å². The molecule has 1 aromatic carbocycles. The Kier molecular flexibility index (Phi) is 5.14. The predicted octanol–water partition coefficient (Wildman–Crippen LogP) is 4.36. The van der Waals surface area contributed by atoms with Gasteiger partial charge in [-0.3, -0.25) is 0 Å². The Morgan fingerprint density at radius 2 is 1.76 bits per heavy atom. The van der Waals surface area contributed by atoms with Crippen molar-refractivity contribution in [3.8, 4) is 0 Å². The van der Waals surface area contributed by atoms with E-state index in [1.54, 1.807) is 0 Å². The highest BCUT2D eigenvalue weighted by Crippen LogP contribution is 2.21. The number of unbranched alkanes of at least 4 members (excludes halogenated alkanes) is 1. The molecule has 0 atom stereocenters. The smallest absolute Gasteiger partial charge is 0.136 e. The van der Waals surface area contributed by atoms with Gasteiger partial charge < -0.3 is 10.6 Å². The molecule has 1 heterocycles. The van der Waals surface area contributed by atoms with Crippen molar-refractivity contribution in [2.45, 2.75) is 40.5 Å². The number of nitrogens with one attached hydrogen (secondary N) is 2. The van der Waals surface area contributed by atoms with E-state index in [1.165, 1.54) is 17.5 Å². The molecule has 0 aliphatic carbocycles. The van der Waals surface area contributed by atoms with Gasteiger partial charge in [0.05, 0.1) is 0 Å². The lowest BCUT2D eigenvalue weighted by molar-refractivity contribution is 0.829. The molecule has 0 saturated heterocycles. The molecule has 4 heteroatoms. The minimum Gasteiger partial charge on any atom is -0.370 e. The largest absolute Gasteiger partial charge is 0.370 e. The molecule has 2 aromatic rings. The van der Waals surface area contributed by atoms with Gasteiger partial charge in [-0.05, 0) is 38.8 Å². The van der Waals surface area contributed by atoms with E-state index in [0.29, 0.717) is 0 Å². The molecule has 0 aliphatic rings. The average Bonchev–Trinajstić information content (AvgIpc) is 2.42. The SMILES string of the molecule is CCCCNc1cc(Nc2ccc(C)cc2C)nc(C)n1. The molecule has 0 fully saturated rings. The van der Waals surface area contributed by atoms with Gasteiger partial charge in [-0.25, -0.2) is 9.97 Å². The summed E-state index contributed by atoms with van der Waals surface area (Å²) in [6.07, 6.45) is 2.31. The van der Waals surface area contributed by atoms with Crippen molar-refractivity contribution in [3.05, 3.63) is 41.2 Å². The molecule has 0 aliphatic heterocycles. The fourth-order valence-corrected chi connectivity index (χ4v) is 2.21. The van der Waals surface area contributed by atoms with Crippen LogP contribution in [0.25, 0.3) is 0 Å². The van der Waals surface area contributed by atoms with E-state index >= 15 is 0 Å². The maximum Gasteiger partial charge on any atom is 0.136 e. The summed E-state index contributed by atoms with van der Waals surface area (Å²) in [5, 5.41) is 6.73. The van der Waals surface area contributed by atoms with Crippen molar-refractivity contribution in [1.82, 2.24) is 9.97 Å². The summed E-state index contributed by atoms with van der Waals surface area (Å²) in [5.74, 6) is 2.47. The van der Waals surface area contributed by atoms with Crippen LogP contribution in [0.2, 0.25) is 0 Å². The van der Waals surface area contributed by atoms with Gasteiger partial charge >= 0.3 is 0 Å². The summed E-state index contributed by atoms with van der Waals surface area (Å²) < 4.78 is 0. The average molecular weight is 284 g/mol. The first-order chi connectivity index (χ1) is 10.1. The molecule has 2 rings (SSSR count). The van der Waals surface area contributed by atoms with Gasteiger partial charge in [0, 0.05) is 18.3 Å². The quantitative estimate of drug-likeness (QED) is 0.774. The third-order valence-electron chi connectivity index (χ3n) is 3.32. The van der Waals surface area contributed by atoms with Gasteiger partial charge in [0.2, 0.25) is 0 Å². The van der Waals surface area contributed by atoms with E-state index in [-0.39, 0.29) is 0 Å². The minimum atomic E-state index is 0.767. The summed E-state index contributed by atoms with van der Waals surface area (Å²) in [6.45, 7) is 9.24. The number of hydrogen-bond donors (Lipinski definition) is 2. The Hall–Kier alpha value is -2.10. The Balaban J connectivity index is 2.15. The maximum absolute atomic E-state index is 4.46. The van der Waals surface area contributed by atoms with Crippen LogP contribution in [0.15, 0.2) is 24.3 Å². The molecule has 0 radical (unpaired) electrons. The van der Waals surface area contributed by atoms with E-state index in [0.717, 1.165) is 36.1 Å². The lowest BCUT2D eigenvalue weighted by atomic mass is 10.1. The molecule has 0 spiro atoms. The Morgan fingerprint density at radius 1 is 1.00 bits per heavy atom. The highest BCUT2D eigenvalue weighted by Gasteiger charge is 2.04. The highest BCUT2D eigenvalue weighted by atomic mass is 15.1. The topological polar surface area (TPSA) is 49.8 Å². The van der Waals surface area contributed by atoms with E-state index in [4.69, 9.17) is 0 Å². The second-order valence-electron chi connectivity index (χ2n) is 5.41. The Bertz CT molecular complexity index is 608. The van der Waals surface area contributed by atoms with E-state index in [2.05, 4.69) is 59.6 Å². The molecule has 2 N–H and O–H groups in total. The number of anilines is 3. The zero-order valence-electron chi connectivity index (χ0n) is 13.3. The molecule has 1 aromatic heterocycles. The molecule has 112 valence electrons. The number of aryl methyl sites for hydroxylation is 3. The monoisotopic (exact) mass is 284 g/mol. The Morgan fingerprint density at radius 3 is 2.48 bits per heavy atom. The first-order valence-electron chi connectivity index (χ1n) is 7.52. The van der Waals surface area contributed by atoms with Crippen molar-refractivity contribution in [1.29, 1.82) is 0 Å². The van der Waals surface area contributed by atoms with Gasteiger partial charge in [-0.2, -0.15) is 0 Å². The van der Waals surface area contributed by atoms with Crippen molar-refractivity contribution in [3.63, 3.8) is 0 Å². The fraction of sp³-hybridized carbons (Fsp3) is 0.412. The third kappa shape index (κ3) is 4.45. The molecular weight excluding hydrogens is 260 g/mol. The summed E-state index contributed by atoms with van der Waals surface area (Å²) in [5.41, 5.74) is 3.56. The summed E-state index contributed by atoms with van der Waals surface area (Å²) in [7, 11) is 0. The highest BCUT2D eigenvalue weighted by molar-refractivity contribution is 5.62. The maximum atomic E-state index is 4.46. The fourth-order valence-electron chi connectivity index (χ4n) is 2.21. The number of nitrogens with zero attached hydrogens (tertiary/aromatic N) is 2. The first kappa shape index (κ1) is 15.3. The lowest BCUT2D eigenvalue weighted by Gasteiger charge is -2.12. The molecule has 0 saturated carbocycles. The second kappa shape index (κ2) is 7.07. The van der Waals surface area contributed by atoms with Crippen LogP contribution in [0.5, 0.6) is 0 Å². The van der Waals surface area contributed by atoms with Crippen molar-refractivity contribution in [2.75, 3.05) is 17.2 Å². The van der Waals surface area contributed by atoms with Gasteiger partial charge in [-0.15, -0.1) is 0 Å². The van der Waals surface area contributed by atoms with Crippen molar-refractivity contribution in [2.24, 2.45) is 0 Å². The van der Waals surface area contributed by atoms with Crippen LogP contribution in [-0.4, -0.2) is 16.5 Å². The summed E-state index contributed by atoms with van der Waals surface area (Å²) >= 11 is 0. The van der Waals surface area contributed by atoms with Crippen molar-refractivity contribution >= 4 is 17.3 Å². The first-order valence-corrected chi connectivity index (χ1v) is 7.52. The number of hydrogen-bond acceptors (Lipinski definition) is 4. The van der Waals surface area contributed by atoms with Gasteiger partial charge in [0.1, 0.15) is 17.5 Å². The second-order valence-corrected chi connectivity index (χ2v) is 5.41. The van der Waals surface area contributed by atoms with Crippen molar-refractivity contribution < 1.29 is 0 Å². The minimum absolute atomic E-state index is 0.767. The van der Waals surface area contributed by atoms with E-state index < -0.39 is 0 Å². The zero-order valence-corrected chi connectivity index (χ0v) is 13.3.